The van der Waals surface area contributed by atoms with E-state index in [1.807, 2.05) is 18.2 Å². The van der Waals surface area contributed by atoms with Crippen LogP contribution in [0.5, 0.6) is 5.75 Å². The molecule has 3 amide bonds. The Labute approximate surface area is 162 Å². The predicted octanol–water partition coefficient (Wildman–Crippen LogP) is 2.53. The first-order valence-electron chi connectivity index (χ1n) is 9.26. The lowest BCUT2D eigenvalue weighted by molar-refractivity contribution is -0.116. The van der Waals surface area contributed by atoms with Crippen LogP contribution in [0.2, 0.25) is 0 Å². The largest absolute Gasteiger partial charge is 0.495 e. The number of amides is 3. The summed E-state index contributed by atoms with van der Waals surface area (Å²) in [6.07, 6.45) is 2.29. The third kappa shape index (κ3) is 3.19. The fourth-order valence-corrected chi connectivity index (χ4v) is 3.68. The Hall–Kier alpha value is -3.35. The number of rotatable bonds is 5. The highest BCUT2D eigenvalue weighted by molar-refractivity contribution is 6.22. The van der Waals surface area contributed by atoms with E-state index in [4.69, 9.17) is 4.74 Å². The lowest BCUT2D eigenvalue weighted by Crippen LogP contribution is -2.37. The van der Waals surface area contributed by atoms with Crippen LogP contribution in [0.15, 0.2) is 42.5 Å². The van der Waals surface area contributed by atoms with Crippen LogP contribution in [0.25, 0.3) is 0 Å². The molecule has 0 bridgehead atoms. The summed E-state index contributed by atoms with van der Waals surface area (Å²) in [5, 5.41) is 2.78. The molecule has 4 rings (SSSR count). The van der Waals surface area contributed by atoms with Crippen molar-refractivity contribution in [2.24, 2.45) is 0 Å². The summed E-state index contributed by atoms with van der Waals surface area (Å²) in [5.41, 5.74) is 2.19. The highest BCUT2D eigenvalue weighted by Gasteiger charge is 2.36. The summed E-state index contributed by atoms with van der Waals surface area (Å²) in [5.74, 6) is -0.827. The second-order valence-corrected chi connectivity index (χ2v) is 6.87. The number of carbonyl (C=O) groups is 3. The third-order valence-electron chi connectivity index (χ3n) is 5.11. The van der Waals surface area contributed by atoms with E-state index in [1.54, 1.807) is 24.3 Å². The third-order valence-corrected chi connectivity index (χ3v) is 5.11. The molecule has 0 atom stereocenters. The Bertz CT molecular complexity index is 915. The van der Waals surface area contributed by atoms with Gasteiger partial charge in [-0.15, -0.1) is 0 Å². The normalized spacial score (nSPS) is 15.8. The molecule has 2 aromatic carbocycles. The maximum absolute atomic E-state index is 12.6. The van der Waals surface area contributed by atoms with E-state index in [9.17, 15) is 14.4 Å². The van der Waals surface area contributed by atoms with Crippen LogP contribution in [0.1, 0.15) is 33.6 Å². The Morgan fingerprint density at radius 3 is 2.29 bits per heavy atom. The Morgan fingerprint density at radius 1 is 1.04 bits per heavy atom. The molecular formula is C21H21N3O4. The van der Waals surface area contributed by atoms with Crippen LogP contribution in [0.3, 0.4) is 0 Å². The van der Waals surface area contributed by atoms with Crippen molar-refractivity contribution in [2.75, 3.05) is 37.0 Å². The second kappa shape index (κ2) is 7.34. The lowest BCUT2D eigenvalue weighted by atomic mass is 10.1. The summed E-state index contributed by atoms with van der Waals surface area (Å²) >= 11 is 0. The number of carbonyl (C=O) groups excluding carboxylic acids is 3. The number of ether oxygens (including phenoxy) is 1. The molecule has 1 saturated heterocycles. The minimum absolute atomic E-state index is 0.328. The van der Waals surface area contributed by atoms with Gasteiger partial charge in [-0.3, -0.25) is 19.3 Å². The fraction of sp³-hybridized carbons (Fsp3) is 0.286. The van der Waals surface area contributed by atoms with E-state index in [0.717, 1.165) is 36.5 Å². The van der Waals surface area contributed by atoms with E-state index in [1.165, 1.54) is 7.11 Å². The smallest absolute Gasteiger partial charge is 0.262 e. The van der Waals surface area contributed by atoms with Gasteiger partial charge in [-0.1, -0.05) is 12.1 Å². The summed E-state index contributed by atoms with van der Waals surface area (Å²) in [7, 11) is 1.53. The molecule has 2 aromatic rings. The van der Waals surface area contributed by atoms with Crippen molar-refractivity contribution in [1.29, 1.82) is 0 Å². The van der Waals surface area contributed by atoms with E-state index < -0.39 is 17.7 Å². The van der Waals surface area contributed by atoms with Crippen molar-refractivity contribution in [3.63, 3.8) is 0 Å². The van der Waals surface area contributed by atoms with E-state index in [-0.39, 0.29) is 6.54 Å². The SMILES string of the molecule is COc1ccc(N2CCCC2)cc1NC(=O)CN1C(=O)c2ccccc2C1=O. The van der Waals surface area contributed by atoms with Gasteiger partial charge >= 0.3 is 0 Å². The van der Waals surface area contributed by atoms with Crippen LogP contribution in [0, 0.1) is 0 Å². The molecule has 0 radical (unpaired) electrons. The number of anilines is 2. The van der Waals surface area contributed by atoms with Gasteiger partial charge in [0.25, 0.3) is 11.8 Å². The van der Waals surface area contributed by atoms with Crippen LogP contribution in [0.4, 0.5) is 11.4 Å². The summed E-state index contributed by atoms with van der Waals surface area (Å²) < 4.78 is 5.35. The first-order chi connectivity index (χ1) is 13.6. The zero-order valence-corrected chi connectivity index (χ0v) is 15.6. The molecule has 0 saturated carbocycles. The van der Waals surface area contributed by atoms with Gasteiger partial charge in [0.05, 0.1) is 23.9 Å². The molecule has 2 aliphatic heterocycles. The Balaban J connectivity index is 1.50. The number of methoxy groups -OCH3 is 1. The lowest BCUT2D eigenvalue weighted by Gasteiger charge is -2.20. The van der Waals surface area contributed by atoms with Crippen molar-refractivity contribution in [2.45, 2.75) is 12.8 Å². The maximum Gasteiger partial charge on any atom is 0.262 e. The molecule has 28 heavy (non-hydrogen) atoms. The van der Waals surface area contributed by atoms with Crippen LogP contribution < -0.4 is 15.0 Å². The molecule has 2 heterocycles. The number of nitrogens with zero attached hydrogens (tertiary/aromatic N) is 2. The molecule has 0 unspecified atom stereocenters. The molecule has 0 spiro atoms. The van der Waals surface area contributed by atoms with Gasteiger partial charge in [0.2, 0.25) is 5.91 Å². The molecular weight excluding hydrogens is 358 g/mol. The molecule has 0 aliphatic carbocycles. The van der Waals surface area contributed by atoms with Crippen LogP contribution in [-0.2, 0) is 4.79 Å². The first-order valence-corrected chi connectivity index (χ1v) is 9.26. The molecule has 1 fully saturated rings. The van der Waals surface area contributed by atoms with Crippen molar-refractivity contribution < 1.29 is 19.1 Å². The number of hydrogen-bond acceptors (Lipinski definition) is 5. The van der Waals surface area contributed by atoms with Crippen molar-refractivity contribution in [3.8, 4) is 5.75 Å². The Morgan fingerprint density at radius 2 is 1.68 bits per heavy atom. The zero-order chi connectivity index (χ0) is 19.7. The number of fused-ring (bicyclic) bond motifs is 1. The molecule has 2 aliphatic rings. The van der Waals surface area contributed by atoms with Gasteiger partial charge in [0, 0.05) is 18.8 Å². The number of benzene rings is 2. The molecule has 1 N–H and O–H groups in total. The van der Waals surface area contributed by atoms with E-state index >= 15 is 0 Å². The Kier molecular flexibility index (Phi) is 4.73. The van der Waals surface area contributed by atoms with Crippen LogP contribution >= 0.6 is 0 Å². The second-order valence-electron chi connectivity index (χ2n) is 6.87. The van der Waals surface area contributed by atoms with E-state index in [0.29, 0.717) is 22.6 Å². The molecule has 7 nitrogen and oxygen atoms in total. The van der Waals surface area contributed by atoms with Crippen molar-refractivity contribution in [3.05, 3.63) is 53.6 Å². The highest BCUT2D eigenvalue weighted by Crippen LogP contribution is 2.31. The van der Waals surface area contributed by atoms with Gasteiger partial charge in [-0.2, -0.15) is 0 Å². The quantitative estimate of drug-likeness (QED) is 0.808. The minimum atomic E-state index is -0.452. The van der Waals surface area contributed by atoms with Gasteiger partial charge in [0.1, 0.15) is 12.3 Å². The monoisotopic (exact) mass is 379 g/mol. The summed E-state index contributed by atoms with van der Waals surface area (Å²) in [6.45, 7) is 1.62. The number of hydrogen-bond donors (Lipinski definition) is 1. The van der Waals surface area contributed by atoms with E-state index in [2.05, 4.69) is 10.2 Å². The molecule has 0 aromatic heterocycles. The summed E-state index contributed by atoms with van der Waals surface area (Å²) in [4.78, 5) is 40.7. The maximum atomic E-state index is 12.6. The predicted molar refractivity (Wildman–Crippen MR) is 105 cm³/mol. The minimum Gasteiger partial charge on any atom is -0.495 e. The van der Waals surface area contributed by atoms with Gasteiger partial charge in [-0.25, -0.2) is 0 Å². The fourth-order valence-electron chi connectivity index (χ4n) is 3.68. The van der Waals surface area contributed by atoms with Gasteiger partial charge in [0.15, 0.2) is 0 Å². The molecule has 7 heteroatoms. The average Bonchev–Trinajstić information content (AvgIpc) is 3.32. The summed E-state index contributed by atoms with van der Waals surface area (Å²) in [6, 6.07) is 12.2. The zero-order valence-electron chi connectivity index (χ0n) is 15.6. The topological polar surface area (TPSA) is 79.0 Å². The van der Waals surface area contributed by atoms with Crippen molar-refractivity contribution >= 4 is 29.1 Å². The molecule has 144 valence electrons. The van der Waals surface area contributed by atoms with Gasteiger partial charge < -0.3 is 15.0 Å². The number of imide groups is 1. The van der Waals surface area contributed by atoms with Crippen LogP contribution in [-0.4, -0.2) is 49.4 Å². The number of nitrogens with one attached hydrogen (secondary N) is 1. The average molecular weight is 379 g/mol. The van der Waals surface area contributed by atoms with Crippen molar-refractivity contribution in [1.82, 2.24) is 4.90 Å². The highest BCUT2D eigenvalue weighted by atomic mass is 16.5. The van der Waals surface area contributed by atoms with Gasteiger partial charge in [-0.05, 0) is 43.2 Å². The standard InChI is InChI=1S/C21H21N3O4/c1-28-18-9-8-14(23-10-4-5-11-23)12-17(18)22-19(25)13-24-20(26)15-6-2-3-7-16(15)21(24)27/h2-3,6-9,12H,4-5,10-11,13H2,1H3,(H,22,25). The first kappa shape index (κ1) is 18.0.